The third kappa shape index (κ3) is 3.40. The molecule has 1 fully saturated rings. The zero-order valence-electron chi connectivity index (χ0n) is 13.2. The molecule has 0 bridgehead atoms. The van der Waals surface area contributed by atoms with E-state index in [1.54, 1.807) is 11.3 Å². The Hall–Kier alpha value is -1.62. The SMILES string of the molecule is Cc1csc([C@H]2CCCN(C(=O)C[C@H](C)n3cccc3)C2)n1. The van der Waals surface area contributed by atoms with Crippen molar-refractivity contribution in [2.45, 2.75) is 45.1 Å². The van der Waals surface area contributed by atoms with Crippen molar-refractivity contribution in [1.29, 1.82) is 0 Å². The van der Waals surface area contributed by atoms with Gasteiger partial charge in [0, 0.05) is 54.9 Å². The van der Waals surface area contributed by atoms with Gasteiger partial charge in [-0.2, -0.15) is 0 Å². The molecule has 0 spiro atoms. The van der Waals surface area contributed by atoms with Crippen LogP contribution in [-0.2, 0) is 4.79 Å². The van der Waals surface area contributed by atoms with Gasteiger partial charge in [-0.3, -0.25) is 4.79 Å². The molecule has 0 aromatic carbocycles. The predicted molar refractivity (Wildman–Crippen MR) is 89.2 cm³/mol. The number of aryl methyl sites for hydroxylation is 1. The quantitative estimate of drug-likeness (QED) is 0.864. The number of thiazole rings is 1. The maximum Gasteiger partial charge on any atom is 0.224 e. The first-order valence-corrected chi connectivity index (χ1v) is 8.83. The highest BCUT2D eigenvalue weighted by molar-refractivity contribution is 7.09. The van der Waals surface area contributed by atoms with Crippen LogP contribution in [0.2, 0.25) is 0 Å². The molecule has 2 aromatic heterocycles. The molecule has 118 valence electrons. The van der Waals surface area contributed by atoms with Gasteiger partial charge in [0.05, 0.1) is 5.01 Å². The molecule has 22 heavy (non-hydrogen) atoms. The van der Waals surface area contributed by atoms with Crippen LogP contribution < -0.4 is 0 Å². The summed E-state index contributed by atoms with van der Waals surface area (Å²) in [5.74, 6) is 0.678. The van der Waals surface area contributed by atoms with Crippen LogP contribution in [-0.4, -0.2) is 33.4 Å². The van der Waals surface area contributed by atoms with Gasteiger partial charge in [0.1, 0.15) is 0 Å². The Labute approximate surface area is 135 Å². The Balaban J connectivity index is 1.60. The number of hydrogen-bond acceptors (Lipinski definition) is 3. The molecule has 0 N–H and O–H groups in total. The summed E-state index contributed by atoms with van der Waals surface area (Å²) >= 11 is 1.73. The molecule has 0 saturated carbocycles. The Morgan fingerprint density at radius 1 is 1.45 bits per heavy atom. The fraction of sp³-hybridized carbons (Fsp3) is 0.529. The fourth-order valence-corrected chi connectivity index (χ4v) is 4.02. The summed E-state index contributed by atoms with van der Waals surface area (Å²) in [6.45, 7) is 5.84. The fourth-order valence-electron chi connectivity index (χ4n) is 3.09. The van der Waals surface area contributed by atoms with Crippen LogP contribution in [0.1, 0.15) is 48.8 Å². The minimum absolute atomic E-state index is 0.213. The first kappa shape index (κ1) is 15.3. The van der Waals surface area contributed by atoms with E-state index in [0.717, 1.165) is 31.6 Å². The Morgan fingerprint density at radius 2 is 2.23 bits per heavy atom. The second-order valence-corrected chi connectivity index (χ2v) is 7.08. The van der Waals surface area contributed by atoms with Crippen molar-refractivity contribution in [3.8, 4) is 0 Å². The smallest absolute Gasteiger partial charge is 0.224 e. The summed E-state index contributed by atoms with van der Waals surface area (Å²) in [6.07, 6.45) is 6.83. The molecule has 1 saturated heterocycles. The predicted octanol–water partition coefficient (Wildman–Crippen LogP) is 3.61. The van der Waals surface area contributed by atoms with Crippen LogP contribution >= 0.6 is 11.3 Å². The Kier molecular flexibility index (Phi) is 4.62. The van der Waals surface area contributed by atoms with Crippen LogP contribution in [0.4, 0.5) is 0 Å². The van der Waals surface area contributed by atoms with Crippen LogP contribution in [0.3, 0.4) is 0 Å². The molecule has 0 aliphatic carbocycles. The van der Waals surface area contributed by atoms with Crippen molar-refractivity contribution < 1.29 is 4.79 Å². The Bertz CT molecular complexity index is 620. The average molecular weight is 317 g/mol. The molecule has 1 amide bonds. The van der Waals surface area contributed by atoms with Crippen molar-refractivity contribution in [2.24, 2.45) is 0 Å². The van der Waals surface area contributed by atoms with E-state index in [2.05, 4.69) is 21.9 Å². The molecular weight excluding hydrogens is 294 g/mol. The number of piperidine rings is 1. The largest absolute Gasteiger partial charge is 0.351 e. The second-order valence-electron chi connectivity index (χ2n) is 6.19. The van der Waals surface area contributed by atoms with Crippen LogP contribution in [0.15, 0.2) is 29.9 Å². The van der Waals surface area contributed by atoms with Gasteiger partial charge in [-0.15, -0.1) is 11.3 Å². The van der Waals surface area contributed by atoms with Crippen LogP contribution in [0.25, 0.3) is 0 Å². The minimum Gasteiger partial charge on any atom is -0.351 e. The topological polar surface area (TPSA) is 38.1 Å². The molecule has 2 aromatic rings. The standard InChI is InChI=1S/C17H23N3OS/c1-13-12-22-17(18-13)15-6-5-9-20(11-15)16(21)10-14(2)19-7-3-4-8-19/h3-4,7-8,12,14-15H,5-6,9-11H2,1-2H3/t14-,15-/m0/s1. The zero-order valence-corrected chi connectivity index (χ0v) is 14.1. The monoisotopic (exact) mass is 317 g/mol. The van der Waals surface area contributed by atoms with Gasteiger partial charge in [0.25, 0.3) is 0 Å². The summed E-state index contributed by atoms with van der Waals surface area (Å²) < 4.78 is 2.10. The molecule has 2 atom stereocenters. The number of aromatic nitrogens is 2. The van der Waals surface area contributed by atoms with Gasteiger partial charge < -0.3 is 9.47 Å². The molecule has 5 heteroatoms. The van der Waals surface area contributed by atoms with E-state index in [1.165, 1.54) is 5.01 Å². The highest BCUT2D eigenvalue weighted by Crippen LogP contribution is 2.29. The van der Waals surface area contributed by atoms with Gasteiger partial charge >= 0.3 is 0 Å². The molecule has 1 aliphatic rings. The molecule has 3 rings (SSSR count). The normalized spacial score (nSPS) is 20.1. The number of amides is 1. The van der Waals surface area contributed by atoms with Crippen molar-refractivity contribution in [2.75, 3.05) is 13.1 Å². The van der Waals surface area contributed by atoms with E-state index in [0.29, 0.717) is 12.3 Å². The van der Waals surface area contributed by atoms with E-state index < -0.39 is 0 Å². The summed E-state index contributed by atoms with van der Waals surface area (Å²) in [4.78, 5) is 19.2. The summed E-state index contributed by atoms with van der Waals surface area (Å²) in [5, 5.41) is 3.29. The molecule has 4 nitrogen and oxygen atoms in total. The number of nitrogens with zero attached hydrogens (tertiary/aromatic N) is 3. The van der Waals surface area contributed by atoms with Gasteiger partial charge in [-0.1, -0.05) is 0 Å². The van der Waals surface area contributed by atoms with Crippen molar-refractivity contribution in [3.63, 3.8) is 0 Å². The maximum atomic E-state index is 12.6. The summed E-state index contributed by atoms with van der Waals surface area (Å²) in [7, 11) is 0. The van der Waals surface area contributed by atoms with Crippen molar-refractivity contribution in [1.82, 2.24) is 14.5 Å². The number of carbonyl (C=O) groups is 1. The number of likely N-dealkylation sites (tertiary alicyclic amines) is 1. The summed E-state index contributed by atoms with van der Waals surface area (Å²) in [5.41, 5.74) is 1.09. The number of rotatable bonds is 4. The van der Waals surface area contributed by atoms with Gasteiger partial charge in [0.2, 0.25) is 5.91 Å². The van der Waals surface area contributed by atoms with E-state index in [4.69, 9.17) is 0 Å². The summed E-state index contributed by atoms with van der Waals surface area (Å²) in [6, 6.07) is 4.22. The molecule has 3 heterocycles. The van der Waals surface area contributed by atoms with Gasteiger partial charge in [-0.25, -0.2) is 4.98 Å². The van der Waals surface area contributed by atoms with E-state index in [1.807, 2.05) is 36.4 Å². The zero-order chi connectivity index (χ0) is 15.5. The minimum atomic E-state index is 0.213. The average Bonchev–Trinajstić information content (AvgIpc) is 3.18. The van der Waals surface area contributed by atoms with Gasteiger partial charge in [0.15, 0.2) is 0 Å². The highest BCUT2D eigenvalue weighted by Gasteiger charge is 2.27. The molecule has 0 unspecified atom stereocenters. The first-order chi connectivity index (χ1) is 10.6. The first-order valence-electron chi connectivity index (χ1n) is 7.95. The molecular formula is C17H23N3OS. The van der Waals surface area contributed by atoms with Crippen molar-refractivity contribution in [3.05, 3.63) is 40.6 Å². The van der Waals surface area contributed by atoms with Crippen molar-refractivity contribution >= 4 is 17.2 Å². The van der Waals surface area contributed by atoms with E-state index in [-0.39, 0.29) is 11.9 Å². The van der Waals surface area contributed by atoms with Crippen LogP contribution in [0.5, 0.6) is 0 Å². The van der Waals surface area contributed by atoms with Gasteiger partial charge in [-0.05, 0) is 38.8 Å². The lowest BCUT2D eigenvalue weighted by molar-refractivity contribution is -0.133. The lowest BCUT2D eigenvalue weighted by Crippen LogP contribution is -2.39. The third-order valence-corrected chi connectivity index (χ3v) is 5.49. The number of hydrogen-bond donors (Lipinski definition) is 0. The molecule has 1 aliphatic heterocycles. The molecule has 0 radical (unpaired) electrons. The number of carbonyl (C=O) groups excluding carboxylic acids is 1. The van der Waals surface area contributed by atoms with E-state index in [9.17, 15) is 4.79 Å². The lowest BCUT2D eigenvalue weighted by Gasteiger charge is -2.32. The Morgan fingerprint density at radius 3 is 2.91 bits per heavy atom. The lowest BCUT2D eigenvalue weighted by atomic mass is 9.98. The van der Waals surface area contributed by atoms with Crippen LogP contribution in [0, 0.1) is 6.92 Å². The second kappa shape index (κ2) is 6.65. The third-order valence-electron chi connectivity index (χ3n) is 4.37. The highest BCUT2D eigenvalue weighted by atomic mass is 32.1. The maximum absolute atomic E-state index is 12.6. The van der Waals surface area contributed by atoms with E-state index >= 15 is 0 Å².